The molecule has 0 aromatic carbocycles. The maximum Gasteiger partial charge on any atom is 0.104 e. The molecule has 0 fully saturated rings. The minimum atomic E-state index is -1.35. The number of rotatable bonds is 91. The zero-order valence-electron chi connectivity index (χ0n) is 68.7. The average Bonchev–Trinajstić information content (AvgIpc) is 0.907. The molecule has 0 aliphatic heterocycles. The minimum absolute atomic E-state index is 0.106. The van der Waals surface area contributed by atoms with Gasteiger partial charge < -0.3 is 222 Å². The van der Waals surface area contributed by atoms with Gasteiger partial charge in [0.05, 0.1) is 297 Å². The number of aliphatic hydroxyl groups excluding tert-OH is 23. The van der Waals surface area contributed by atoms with E-state index in [0.29, 0.717) is 0 Å². The molecule has 0 amide bonds. The lowest BCUT2D eigenvalue weighted by Gasteiger charge is -2.28. The van der Waals surface area contributed by atoms with Gasteiger partial charge in [-0.1, -0.05) is 27.2 Å². The topological polar surface area (TPSA) is 668 Å². The molecule has 23 N–H and O–H groups in total. The van der Waals surface area contributed by atoms with E-state index in [4.69, 9.17) is 104 Å². The van der Waals surface area contributed by atoms with Crippen LogP contribution < -0.4 is 0 Å². The van der Waals surface area contributed by atoms with E-state index in [1.807, 2.05) is 20.8 Å². The third kappa shape index (κ3) is 68.5. The highest BCUT2D eigenvalue weighted by Crippen LogP contribution is 2.23. The van der Waals surface area contributed by atoms with E-state index in [1.165, 1.54) is 0 Å². The Kier molecular flexibility index (Phi) is 76.4. The molecule has 0 aliphatic carbocycles. The van der Waals surface area contributed by atoms with Gasteiger partial charge in [0.1, 0.15) is 134 Å². The van der Waals surface area contributed by atoms with Crippen molar-refractivity contribution in [2.45, 2.75) is 168 Å². The monoisotopic (exact) mass is 1740 g/mol. The molecule has 0 heterocycles. The summed E-state index contributed by atoms with van der Waals surface area (Å²) in [4.78, 5) is 0. The third-order valence-corrected chi connectivity index (χ3v) is 15.9. The standard InChI is InChI=1S/C73H148O45/c1-4-5-73(2,3)50-109-46-69(117-49-72(118-48-70(112-28-59(92)14-82)43-102-21-56(89)11-79)45-108-39-67(115-31-63(96)25-99-18-53(86)8-76)37-105-35-65(111-27-58(91)13-81)33-101-20-55(88)10-78)42-107-41-68(116-47-71(113-29-60(93)15-83)44-103-23-61(94)22-97-16-51(84)6-74)40-106-38-66(114-30-62(95)24-98-17-52(85)7-75)36-104-34-64(110-26-57(90)12-80)32-100-19-54(87)9-77/h51-72,74-96H,4-50H2,1-3H3. The van der Waals surface area contributed by atoms with Gasteiger partial charge in [-0.05, 0) is 11.8 Å². The first-order valence-electron chi connectivity index (χ1n) is 39.6. The van der Waals surface area contributed by atoms with Crippen LogP contribution in [0.1, 0.15) is 33.6 Å². The molecule has 45 heteroatoms. The predicted molar refractivity (Wildman–Crippen MR) is 406 cm³/mol. The van der Waals surface area contributed by atoms with Crippen molar-refractivity contribution in [1.82, 2.24) is 0 Å². The van der Waals surface area contributed by atoms with Gasteiger partial charge in [-0.15, -0.1) is 0 Å². The van der Waals surface area contributed by atoms with Crippen LogP contribution in [0.15, 0.2) is 0 Å². The van der Waals surface area contributed by atoms with Gasteiger partial charge >= 0.3 is 0 Å². The molecule has 0 rings (SSSR count). The fourth-order valence-electron chi connectivity index (χ4n) is 9.42. The van der Waals surface area contributed by atoms with Crippen molar-refractivity contribution in [2.24, 2.45) is 5.41 Å². The maximum absolute atomic E-state index is 10.9. The first kappa shape index (κ1) is 116. The second-order valence-electron chi connectivity index (χ2n) is 28.8. The molecule has 710 valence electrons. The van der Waals surface area contributed by atoms with E-state index >= 15 is 0 Å². The van der Waals surface area contributed by atoms with Crippen molar-refractivity contribution in [2.75, 3.05) is 297 Å². The van der Waals surface area contributed by atoms with Gasteiger partial charge in [-0.25, -0.2) is 0 Å². The first-order chi connectivity index (χ1) is 56.6. The largest absolute Gasteiger partial charge is 0.394 e. The quantitative estimate of drug-likeness (QED) is 0.0269. The summed E-state index contributed by atoms with van der Waals surface area (Å²) in [5.41, 5.74) is -0.321. The summed E-state index contributed by atoms with van der Waals surface area (Å²) in [7, 11) is 0. The number of hydrogen-bond donors (Lipinski definition) is 23. The van der Waals surface area contributed by atoms with Crippen molar-refractivity contribution >= 4 is 0 Å². The van der Waals surface area contributed by atoms with Gasteiger partial charge in [-0.2, -0.15) is 0 Å². The normalized spacial score (nSPS) is 18.2. The zero-order valence-corrected chi connectivity index (χ0v) is 68.7. The molecule has 0 spiro atoms. The molecule has 0 aromatic heterocycles. The Morgan fingerprint density at radius 2 is 0.297 bits per heavy atom. The summed E-state index contributed by atoms with van der Waals surface area (Å²) in [5.74, 6) is 0. The Morgan fingerprint density at radius 3 is 0.483 bits per heavy atom. The summed E-state index contributed by atoms with van der Waals surface area (Å²) < 4.78 is 130. The third-order valence-electron chi connectivity index (χ3n) is 15.9. The highest BCUT2D eigenvalue weighted by Gasteiger charge is 2.28. The summed E-state index contributed by atoms with van der Waals surface area (Å²) in [6, 6.07) is 0. The van der Waals surface area contributed by atoms with Crippen molar-refractivity contribution in [1.29, 1.82) is 0 Å². The lowest BCUT2D eigenvalue weighted by Crippen LogP contribution is -2.39. The fraction of sp³-hybridized carbons (Fsp3) is 1.00. The lowest BCUT2D eigenvalue weighted by atomic mass is 9.89. The molecule has 0 radical (unpaired) electrons. The van der Waals surface area contributed by atoms with Crippen LogP contribution in [-0.4, -0.2) is 549 Å². The average molecular weight is 1750 g/mol. The summed E-state index contributed by atoms with van der Waals surface area (Å²) in [6.45, 7) is -10.2. The van der Waals surface area contributed by atoms with Crippen molar-refractivity contribution < 1.29 is 222 Å². The van der Waals surface area contributed by atoms with E-state index in [0.717, 1.165) is 12.8 Å². The molecule has 45 nitrogen and oxygen atoms in total. The van der Waals surface area contributed by atoms with Crippen molar-refractivity contribution in [3.8, 4) is 0 Å². The summed E-state index contributed by atoms with van der Waals surface area (Å²) in [6.07, 6.45) is -23.8. The Labute approximate surface area is 690 Å². The predicted octanol–water partition coefficient (Wildman–Crippen LogP) is -11.9. The van der Waals surface area contributed by atoms with Gasteiger partial charge in [0, 0.05) is 0 Å². The van der Waals surface area contributed by atoms with Gasteiger partial charge in [0.25, 0.3) is 0 Å². The second-order valence-corrected chi connectivity index (χ2v) is 28.8. The van der Waals surface area contributed by atoms with Crippen LogP contribution >= 0.6 is 0 Å². The number of aliphatic hydroxyl groups is 23. The molecule has 118 heavy (non-hydrogen) atoms. The number of hydrogen-bond acceptors (Lipinski definition) is 45. The molecule has 0 saturated heterocycles. The van der Waals surface area contributed by atoms with Crippen LogP contribution in [0.25, 0.3) is 0 Å². The highest BCUT2D eigenvalue weighted by atomic mass is 16.6. The molecule has 0 aromatic rings. The van der Waals surface area contributed by atoms with E-state index < -0.39 is 220 Å². The molecular formula is C73H148O45. The summed E-state index contributed by atoms with van der Waals surface area (Å²) in [5, 5.41) is 226. The van der Waals surface area contributed by atoms with Crippen LogP contribution in [0.3, 0.4) is 0 Å². The van der Waals surface area contributed by atoms with E-state index in [9.17, 15) is 117 Å². The Balaban J connectivity index is 7.78. The van der Waals surface area contributed by atoms with Crippen molar-refractivity contribution in [3.05, 3.63) is 0 Å². The smallest absolute Gasteiger partial charge is 0.104 e. The lowest BCUT2D eigenvalue weighted by molar-refractivity contribution is -0.156. The van der Waals surface area contributed by atoms with Crippen LogP contribution in [0.5, 0.6) is 0 Å². The molecule has 0 bridgehead atoms. The van der Waals surface area contributed by atoms with E-state index in [1.54, 1.807) is 0 Å². The first-order valence-corrected chi connectivity index (χ1v) is 39.6. The van der Waals surface area contributed by atoms with Gasteiger partial charge in [0.2, 0.25) is 0 Å². The SMILES string of the molecule is CCCC(C)(C)COCC(COCC(COCC(COCC(COCC(O)CO)OCC(O)CO)OCC(O)COCC(O)CO)OCC(COCC(O)COCC(O)CO)OCC(O)CO)OCC(COCC(COCC(COCC(O)CO)OCC(O)CO)OCC(O)COCC(O)CO)OCC(COCC(O)CO)OCC(O)CO. The van der Waals surface area contributed by atoms with Gasteiger partial charge in [-0.3, -0.25) is 0 Å². The Morgan fingerprint density at radius 1 is 0.169 bits per heavy atom. The van der Waals surface area contributed by atoms with Crippen LogP contribution in [0.4, 0.5) is 0 Å². The maximum atomic E-state index is 10.9. The van der Waals surface area contributed by atoms with Gasteiger partial charge in [0.15, 0.2) is 0 Å². The van der Waals surface area contributed by atoms with Crippen LogP contribution in [-0.2, 0) is 104 Å². The second kappa shape index (κ2) is 77.5. The zero-order chi connectivity index (χ0) is 88.0. The van der Waals surface area contributed by atoms with E-state index in [-0.39, 0.29) is 217 Å². The number of ether oxygens (including phenoxy) is 22. The van der Waals surface area contributed by atoms with E-state index in [2.05, 4.69) is 0 Å². The highest BCUT2D eigenvalue weighted by molar-refractivity contribution is 4.74. The summed E-state index contributed by atoms with van der Waals surface area (Å²) >= 11 is 0. The van der Waals surface area contributed by atoms with Crippen LogP contribution in [0, 0.1) is 5.41 Å². The molecule has 22 atom stereocenters. The molecule has 0 saturated carbocycles. The van der Waals surface area contributed by atoms with Crippen molar-refractivity contribution in [3.63, 3.8) is 0 Å². The fourth-order valence-corrected chi connectivity index (χ4v) is 9.42. The Hall–Kier alpha value is -1.80. The molecule has 0 aliphatic rings. The molecular weight excluding hydrogens is 1600 g/mol. The van der Waals surface area contributed by atoms with Crippen LogP contribution in [0.2, 0.25) is 0 Å². The minimum Gasteiger partial charge on any atom is -0.394 e. The molecule has 22 unspecified atom stereocenters. The Bertz CT molecular complexity index is 2120.